The molecule has 2 heterocycles. The average molecular weight is 439 g/mol. The van der Waals surface area contributed by atoms with Gasteiger partial charge in [-0.25, -0.2) is 0 Å². The van der Waals surface area contributed by atoms with E-state index in [9.17, 15) is 0 Å². The van der Waals surface area contributed by atoms with E-state index in [4.69, 9.17) is 4.74 Å². The molecule has 0 saturated carbocycles. The van der Waals surface area contributed by atoms with Gasteiger partial charge in [0.25, 0.3) is 0 Å². The van der Waals surface area contributed by atoms with Crippen LogP contribution in [0.4, 0.5) is 0 Å². The van der Waals surface area contributed by atoms with Crippen molar-refractivity contribution < 1.29 is 4.74 Å². The second-order valence-electron chi connectivity index (χ2n) is 7.47. The minimum Gasteiger partial charge on any atom is -0.489 e. The maximum atomic E-state index is 6.09. The molecule has 4 heteroatoms. The Bertz CT molecular complexity index is 1180. The average Bonchev–Trinajstić information content (AvgIpc) is 3.38. The summed E-state index contributed by atoms with van der Waals surface area (Å²) in [6, 6.07) is 24.6. The number of hydrogen-bond donors (Lipinski definition) is 0. The molecule has 160 valence electrons. The van der Waals surface area contributed by atoms with E-state index in [1.165, 1.54) is 5.56 Å². The summed E-state index contributed by atoms with van der Waals surface area (Å²) in [5.41, 5.74) is 5.51. The lowest BCUT2D eigenvalue weighted by Crippen LogP contribution is -2.23. The van der Waals surface area contributed by atoms with E-state index in [0.29, 0.717) is 6.61 Å². The van der Waals surface area contributed by atoms with Crippen LogP contribution in [0.5, 0.6) is 5.75 Å². The third kappa shape index (κ3) is 6.31. The molecule has 0 saturated heterocycles. The summed E-state index contributed by atoms with van der Waals surface area (Å²) in [5.74, 6) is 7.41. The molecule has 4 aromatic rings. The monoisotopic (exact) mass is 438 g/mol. The molecule has 4 rings (SSSR count). The minimum atomic E-state index is 0.517. The van der Waals surface area contributed by atoms with E-state index in [2.05, 4.69) is 69.7 Å². The molecule has 0 aliphatic heterocycles. The fraction of sp³-hybridized carbons (Fsp3) is 0.179. The van der Waals surface area contributed by atoms with Crippen LogP contribution in [0.1, 0.15) is 23.6 Å². The quantitative estimate of drug-likeness (QED) is 0.304. The number of nitrogens with zero attached hydrogens (tertiary/aromatic N) is 2. The number of ether oxygens (including phenoxy) is 1. The summed E-state index contributed by atoms with van der Waals surface area (Å²) in [5, 5.41) is 4.18. The molecule has 0 radical (unpaired) electrons. The van der Waals surface area contributed by atoms with Crippen molar-refractivity contribution >= 4 is 11.3 Å². The standard InChI is InChI=1S/C28H26N2OS/c1-2-30(16-7-11-23-8-4-3-5-9-23)20-24-10-6-12-27(18-24)31-21-25-13-15-29-28(19-25)26-14-17-32-22-26/h3-6,8-10,12-15,17-19,22H,2,16,20-21H2,1H3. The third-order valence-electron chi connectivity index (χ3n) is 5.11. The minimum absolute atomic E-state index is 0.517. The maximum Gasteiger partial charge on any atom is 0.120 e. The SMILES string of the molecule is CCN(CC#Cc1ccccc1)Cc1cccc(OCc2ccnc(-c3ccsc3)c2)c1. The van der Waals surface area contributed by atoms with Gasteiger partial charge < -0.3 is 4.74 Å². The zero-order chi connectivity index (χ0) is 22.0. The second-order valence-corrected chi connectivity index (χ2v) is 8.25. The summed E-state index contributed by atoms with van der Waals surface area (Å²) < 4.78 is 6.09. The van der Waals surface area contributed by atoms with Gasteiger partial charge in [0.15, 0.2) is 0 Å². The first-order chi connectivity index (χ1) is 15.8. The number of hydrogen-bond acceptors (Lipinski definition) is 4. The van der Waals surface area contributed by atoms with E-state index in [1.54, 1.807) is 11.3 Å². The largest absolute Gasteiger partial charge is 0.489 e. The van der Waals surface area contributed by atoms with Crippen LogP contribution in [-0.4, -0.2) is 23.0 Å². The molecular weight excluding hydrogens is 412 g/mol. The number of thiophene rings is 1. The van der Waals surface area contributed by atoms with Crippen molar-refractivity contribution in [2.24, 2.45) is 0 Å². The zero-order valence-electron chi connectivity index (χ0n) is 18.2. The first kappa shape index (κ1) is 21.8. The first-order valence-electron chi connectivity index (χ1n) is 10.8. The van der Waals surface area contributed by atoms with Gasteiger partial charge in [0.1, 0.15) is 12.4 Å². The van der Waals surface area contributed by atoms with Crippen molar-refractivity contribution in [2.45, 2.75) is 20.1 Å². The molecule has 0 bridgehead atoms. The Morgan fingerprint density at radius 2 is 1.88 bits per heavy atom. The Morgan fingerprint density at radius 1 is 0.969 bits per heavy atom. The van der Waals surface area contributed by atoms with Gasteiger partial charge in [-0.1, -0.05) is 49.1 Å². The number of benzene rings is 2. The normalized spacial score (nSPS) is 10.6. The van der Waals surface area contributed by atoms with Crippen molar-refractivity contribution in [3.63, 3.8) is 0 Å². The Labute approximate surface area is 194 Å². The molecule has 0 unspecified atom stereocenters. The summed E-state index contributed by atoms with van der Waals surface area (Å²) in [6.07, 6.45) is 1.84. The third-order valence-corrected chi connectivity index (χ3v) is 5.79. The van der Waals surface area contributed by atoms with Gasteiger partial charge in [-0.15, -0.1) is 0 Å². The number of rotatable bonds is 8. The zero-order valence-corrected chi connectivity index (χ0v) is 19.0. The van der Waals surface area contributed by atoms with Crippen LogP contribution < -0.4 is 4.74 Å². The molecule has 0 fully saturated rings. The topological polar surface area (TPSA) is 25.4 Å². The van der Waals surface area contributed by atoms with Gasteiger partial charge >= 0.3 is 0 Å². The van der Waals surface area contributed by atoms with Crippen LogP contribution in [0.3, 0.4) is 0 Å². The van der Waals surface area contributed by atoms with E-state index in [-0.39, 0.29) is 0 Å². The Kier molecular flexibility index (Phi) is 7.70. The van der Waals surface area contributed by atoms with E-state index >= 15 is 0 Å². The molecule has 0 spiro atoms. The van der Waals surface area contributed by atoms with Gasteiger partial charge in [-0.2, -0.15) is 11.3 Å². The predicted molar refractivity (Wildman–Crippen MR) is 133 cm³/mol. The van der Waals surface area contributed by atoms with Crippen molar-refractivity contribution in [1.82, 2.24) is 9.88 Å². The van der Waals surface area contributed by atoms with Gasteiger partial charge in [-0.05, 0) is 65.5 Å². The maximum absolute atomic E-state index is 6.09. The smallest absolute Gasteiger partial charge is 0.120 e. The molecule has 2 aromatic carbocycles. The summed E-state index contributed by atoms with van der Waals surface area (Å²) >= 11 is 1.68. The van der Waals surface area contributed by atoms with Gasteiger partial charge in [0.2, 0.25) is 0 Å². The van der Waals surface area contributed by atoms with Crippen LogP contribution in [-0.2, 0) is 13.2 Å². The van der Waals surface area contributed by atoms with Crippen LogP contribution in [0, 0.1) is 11.8 Å². The predicted octanol–water partition coefficient (Wildman–Crippen LogP) is 6.26. The summed E-state index contributed by atoms with van der Waals surface area (Å²) in [7, 11) is 0. The second kappa shape index (κ2) is 11.3. The van der Waals surface area contributed by atoms with Crippen LogP contribution in [0.25, 0.3) is 11.3 Å². The lowest BCUT2D eigenvalue weighted by Gasteiger charge is -2.18. The molecule has 0 aliphatic rings. The van der Waals surface area contributed by atoms with Gasteiger partial charge in [0.05, 0.1) is 12.2 Å². The van der Waals surface area contributed by atoms with Crippen LogP contribution in [0.15, 0.2) is 89.8 Å². The van der Waals surface area contributed by atoms with Crippen molar-refractivity contribution in [2.75, 3.05) is 13.1 Å². The van der Waals surface area contributed by atoms with Crippen LogP contribution in [0.2, 0.25) is 0 Å². The molecule has 0 N–H and O–H groups in total. The first-order valence-corrected chi connectivity index (χ1v) is 11.7. The molecule has 0 amide bonds. The molecular formula is C28H26N2OS. The van der Waals surface area contributed by atoms with Gasteiger partial charge in [0, 0.05) is 29.2 Å². The molecule has 0 aliphatic carbocycles. The highest BCUT2D eigenvalue weighted by atomic mass is 32.1. The van der Waals surface area contributed by atoms with E-state index in [0.717, 1.165) is 47.8 Å². The Hall–Kier alpha value is -3.39. The highest BCUT2D eigenvalue weighted by Crippen LogP contribution is 2.22. The van der Waals surface area contributed by atoms with Crippen LogP contribution >= 0.6 is 11.3 Å². The Balaban J connectivity index is 1.35. The number of aromatic nitrogens is 1. The molecule has 2 aromatic heterocycles. The fourth-order valence-electron chi connectivity index (χ4n) is 3.35. The molecule has 32 heavy (non-hydrogen) atoms. The fourth-order valence-corrected chi connectivity index (χ4v) is 3.99. The summed E-state index contributed by atoms with van der Waals surface area (Å²) in [4.78, 5) is 6.80. The molecule has 0 atom stereocenters. The van der Waals surface area contributed by atoms with Gasteiger partial charge in [-0.3, -0.25) is 9.88 Å². The van der Waals surface area contributed by atoms with Crippen molar-refractivity contribution in [1.29, 1.82) is 0 Å². The van der Waals surface area contributed by atoms with E-state index < -0.39 is 0 Å². The van der Waals surface area contributed by atoms with E-state index in [1.807, 2.05) is 48.7 Å². The Morgan fingerprint density at radius 3 is 2.69 bits per heavy atom. The van der Waals surface area contributed by atoms with Crippen molar-refractivity contribution in [3.8, 4) is 28.8 Å². The highest BCUT2D eigenvalue weighted by Gasteiger charge is 2.05. The summed E-state index contributed by atoms with van der Waals surface area (Å²) in [6.45, 7) is 5.20. The number of pyridine rings is 1. The lowest BCUT2D eigenvalue weighted by atomic mass is 10.1. The molecule has 3 nitrogen and oxygen atoms in total. The highest BCUT2D eigenvalue weighted by molar-refractivity contribution is 7.08. The lowest BCUT2D eigenvalue weighted by molar-refractivity contribution is 0.300. The van der Waals surface area contributed by atoms with Crippen molar-refractivity contribution in [3.05, 3.63) is 106 Å².